The zero-order valence-electron chi connectivity index (χ0n) is 18.2. The van der Waals surface area contributed by atoms with E-state index < -0.39 is 0 Å². The quantitative estimate of drug-likeness (QED) is 0.291. The van der Waals surface area contributed by atoms with Crippen LogP contribution in [0.5, 0.6) is 0 Å². The molecule has 0 atom stereocenters. The lowest BCUT2D eigenvalue weighted by Crippen LogP contribution is -1.95. The van der Waals surface area contributed by atoms with E-state index in [9.17, 15) is 0 Å². The number of thiophene rings is 1. The van der Waals surface area contributed by atoms with Gasteiger partial charge in [0.2, 0.25) is 0 Å². The molecule has 0 aliphatic heterocycles. The van der Waals surface area contributed by atoms with Crippen LogP contribution >= 0.6 is 11.3 Å². The molecule has 0 aliphatic rings. The second kappa shape index (κ2) is 8.32. The van der Waals surface area contributed by atoms with E-state index in [-0.39, 0.29) is 0 Å². The van der Waals surface area contributed by atoms with Crippen molar-refractivity contribution in [3.05, 3.63) is 121 Å². The Morgan fingerprint density at radius 3 is 1.76 bits per heavy atom. The summed E-state index contributed by atoms with van der Waals surface area (Å²) in [5.41, 5.74) is 14.6. The minimum Gasteiger partial charge on any atom is -0.326 e. The van der Waals surface area contributed by atoms with Crippen LogP contribution in [0.15, 0.2) is 115 Å². The van der Waals surface area contributed by atoms with Gasteiger partial charge in [0.1, 0.15) is 0 Å². The van der Waals surface area contributed by atoms with Crippen LogP contribution in [0.1, 0.15) is 5.56 Å². The lowest BCUT2D eigenvalue weighted by Gasteiger charge is -2.08. The zero-order chi connectivity index (χ0) is 22.2. The topological polar surface area (TPSA) is 26.0 Å². The molecule has 5 aromatic carbocycles. The molecule has 2 heteroatoms. The van der Waals surface area contributed by atoms with Crippen molar-refractivity contribution in [3.8, 4) is 33.4 Å². The Kier molecular flexibility index (Phi) is 5.03. The molecule has 0 saturated heterocycles. The standard InChI is InChI=1S/C31H23NS/c32-20-27-10-5-11-30-31(27)28-19-26(16-17-29(28)33-30)23-14-12-22(13-15-23)25-9-4-8-24(18-25)21-6-2-1-3-7-21/h1-19H,20,32H2. The molecule has 1 aromatic heterocycles. The molecular formula is C31H23NS. The largest absolute Gasteiger partial charge is 0.326 e. The lowest BCUT2D eigenvalue weighted by atomic mass is 9.96. The first kappa shape index (κ1) is 19.9. The fourth-order valence-electron chi connectivity index (χ4n) is 4.61. The Morgan fingerprint density at radius 2 is 1.06 bits per heavy atom. The summed E-state index contributed by atoms with van der Waals surface area (Å²) in [5.74, 6) is 0. The summed E-state index contributed by atoms with van der Waals surface area (Å²) < 4.78 is 2.61. The summed E-state index contributed by atoms with van der Waals surface area (Å²) in [5, 5.41) is 2.60. The third kappa shape index (κ3) is 3.64. The van der Waals surface area contributed by atoms with Crippen molar-refractivity contribution in [2.24, 2.45) is 5.73 Å². The number of benzene rings is 5. The van der Waals surface area contributed by atoms with Crippen LogP contribution in [0.3, 0.4) is 0 Å². The summed E-state index contributed by atoms with van der Waals surface area (Å²) in [4.78, 5) is 0. The van der Waals surface area contributed by atoms with Gasteiger partial charge in [0.15, 0.2) is 0 Å². The molecule has 0 aliphatic carbocycles. The van der Waals surface area contributed by atoms with E-state index in [2.05, 4.69) is 115 Å². The first-order chi connectivity index (χ1) is 16.3. The van der Waals surface area contributed by atoms with E-state index in [4.69, 9.17) is 5.73 Å². The van der Waals surface area contributed by atoms with Gasteiger partial charge in [-0.1, -0.05) is 91.0 Å². The SMILES string of the molecule is NCc1cccc2sc3ccc(-c4ccc(-c5cccc(-c6ccccc6)c5)cc4)cc3c12. The number of hydrogen-bond acceptors (Lipinski definition) is 2. The number of nitrogens with two attached hydrogens (primary N) is 1. The molecule has 0 fully saturated rings. The smallest absolute Gasteiger partial charge is 0.0358 e. The van der Waals surface area contributed by atoms with Gasteiger partial charge in [-0.2, -0.15) is 0 Å². The van der Waals surface area contributed by atoms with Crippen molar-refractivity contribution < 1.29 is 0 Å². The Balaban J connectivity index is 1.37. The van der Waals surface area contributed by atoms with Crippen LogP contribution in [-0.4, -0.2) is 0 Å². The van der Waals surface area contributed by atoms with Gasteiger partial charge in [0.05, 0.1) is 0 Å². The molecule has 0 unspecified atom stereocenters. The molecule has 2 N–H and O–H groups in total. The van der Waals surface area contributed by atoms with Crippen LogP contribution in [0.4, 0.5) is 0 Å². The fourth-order valence-corrected chi connectivity index (χ4v) is 5.75. The lowest BCUT2D eigenvalue weighted by molar-refractivity contribution is 1.09. The van der Waals surface area contributed by atoms with Gasteiger partial charge < -0.3 is 5.73 Å². The number of rotatable bonds is 4. The van der Waals surface area contributed by atoms with Crippen LogP contribution in [-0.2, 0) is 6.54 Å². The first-order valence-corrected chi connectivity index (χ1v) is 12.0. The Morgan fingerprint density at radius 1 is 0.485 bits per heavy atom. The molecule has 0 bridgehead atoms. The minimum absolute atomic E-state index is 0.560. The Bertz CT molecular complexity index is 1580. The van der Waals surface area contributed by atoms with Gasteiger partial charge in [0, 0.05) is 26.7 Å². The van der Waals surface area contributed by atoms with Crippen LogP contribution in [0.25, 0.3) is 53.6 Å². The van der Waals surface area contributed by atoms with Gasteiger partial charge in [0.25, 0.3) is 0 Å². The molecule has 6 aromatic rings. The maximum Gasteiger partial charge on any atom is 0.0358 e. The van der Waals surface area contributed by atoms with E-state index in [0.29, 0.717) is 6.54 Å². The average molecular weight is 442 g/mol. The Hall–Kier alpha value is -3.72. The number of fused-ring (bicyclic) bond motifs is 3. The van der Waals surface area contributed by atoms with E-state index >= 15 is 0 Å². The minimum atomic E-state index is 0.560. The van der Waals surface area contributed by atoms with Crippen molar-refractivity contribution >= 4 is 31.5 Å². The van der Waals surface area contributed by atoms with E-state index in [1.54, 1.807) is 0 Å². The van der Waals surface area contributed by atoms with Crippen LogP contribution in [0, 0.1) is 0 Å². The predicted octanol–water partition coefficient (Wildman–Crippen LogP) is 8.51. The van der Waals surface area contributed by atoms with Crippen LogP contribution < -0.4 is 5.73 Å². The highest BCUT2D eigenvalue weighted by atomic mass is 32.1. The van der Waals surface area contributed by atoms with Crippen LogP contribution in [0.2, 0.25) is 0 Å². The highest BCUT2D eigenvalue weighted by molar-refractivity contribution is 7.25. The molecule has 0 saturated carbocycles. The summed E-state index contributed by atoms with van der Waals surface area (Å²) in [6.45, 7) is 0.560. The van der Waals surface area contributed by atoms with Crippen molar-refractivity contribution in [2.45, 2.75) is 6.54 Å². The maximum absolute atomic E-state index is 6.04. The number of hydrogen-bond donors (Lipinski definition) is 1. The molecule has 6 rings (SSSR count). The average Bonchev–Trinajstić information content (AvgIpc) is 3.27. The van der Waals surface area contributed by atoms with Gasteiger partial charge >= 0.3 is 0 Å². The van der Waals surface area contributed by atoms with Gasteiger partial charge in [-0.15, -0.1) is 11.3 Å². The maximum atomic E-state index is 6.04. The molecule has 1 nitrogen and oxygen atoms in total. The summed E-state index contributed by atoms with van der Waals surface area (Å²) >= 11 is 1.84. The van der Waals surface area contributed by atoms with Gasteiger partial charge in [-0.25, -0.2) is 0 Å². The monoisotopic (exact) mass is 441 g/mol. The zero-order valence-corrected chi connectivity index (χ0v) is 19.0. The van der Waals surface area contributed by atoms with Crippen molar-refractivity contribution in [1.29, 1.82) is 0 Å². The van der Waals surface area contributed by atoms with Gasteiger partial charge in [-0.05, 0) is 63.2 Å². The van der Waals surface area contributed by atoms with E-state index in [0.717, 1.165) is 0 Å². The second-order valence-corrected chi connectivity index (χ2v) is 9.42. The third-order valence-electron chi connectivity index (χ3n) is 6.32. The summed E-state index contributed by atoms with van der Waals surface area (Å²) in [6.07, 6.45) is 0. The molecule has 0 amide bonds. The van der Waals surface area contributed by atoms with Crippen molar-refractivity contribution in [2.75, 3.05) is 0 Å². The summed E-state index contributed by atoms with van der Waals surface area (Å²) in [7, 11) is 0. The molecular weight excluding hydrogens is 418 g/mol. The van der Waals surface area contributed by atoms with Gasteiger partial charge in [-0.3, -0.25) is 0 Å². The predicted molar refractivity (Wildman–Crippen MR) is 144 cm³/mol. The Labute approximate surface area is 197 Å². The third-order valence-corrected chi connectivity index (χ3v) is 7.46. The molecule has 0 spiro atoms. The molecule has 0 radical (unpaired) electrons. The van der Waals surface area contributed by atoms with Crippen molar-refractivity contribution in [3.63, 3.8) is 0 Å². The fraction of sp³-hybridized carbons (Fsp3) is 0.0323. The molecule has 158 valence electrons. The van der Waals surface area contributed by atoms with Crippen molar-refractivity contribution in [1.82, 2.24) is 0 Å². The van der Waals surface area contributed by atoms with E-state index in [1.165, 1.54) is 59.1 Å². The highest BCUT2D eigenvalue weighted by Crippen LogP contribution is 2.38. The normalized spacial score (nSPS) is 11.3. The second-order valence-electron chi connectivity index (χ2n) is 8.33. The molecule has 1 heterocycles. The summed E-state index contributed by atoms with van der Waals surface area (Å²) in [6, 6.07) is 41.4. The molecule has 33 heavy (non-hydrogen) atoms. The highest BCUT2D eigenvalue weighted by Gasteiger charge is 2.10. The first-order valence-electron chi connectivity index (χ1n) is 11.2. The van der Waals surface area contributed by atoms with E-state index in [1.807, 2.05) is 11.3 Å².